The molecule has 0 radical (unpaired) electrons. The fourth-order valence-electron chi connectivity index (χ4n) is 1.60. The zero-order valence-electron chi connectivity index (χ0n) is 10.3. The maximum Gasteiger partial charge on any atom is 0.150 e. The van der Waals surface area contributed by atoms with Gasteiger partial charge in [-0.05, 0) is 31.8 Å². The van der Waals surface area contributed by atoms with Crippen LogP contribution >= 0.6 is 0 Å². The smallest absolute Gasteiger partial charge is 0.150 e. The van der Waals surface area contributed by atoms with E-state index in [-0.39, 0.29) is 5.75 Å². The van der Waals surface area contributed by atoms with Gasteiger partial charge in [-0.15, -0.1) is 0 Å². The lowest BCUT2D eigenvalue weighted by Gasteiger charge is -2.16. The standard InChI is InChI=1S/C11H25NO2S/c1-4-7-11(10-12-5-2)8-9-15(13,14)6-3/h11-12H,4-10H2,1-3H3. The minimum atomic E-state index is -2.79. The van der Waals surface area contributed by atoms with Crippen LogP contribution in [0.1, 0.15) is 40.0 Å². The largest absolute Gasteiger partial charge is 0.317 e. The zero-order valence-corrected chi connectivity index (χ0v) is 11.1. The van der Waals surface area contributed by atoms with E-state index in [1.165, 1.54) is 0 Å². The molecule has 0 aromatic heterocycles. The van der Waals surface area contributed by atoms with Crippen LogP contribution in [0.25, 0.3) is 0 Å². The number of hydrogen-bond acceptors (Lipinski definition) is 3. The van der Waals surface area contributed by atoms with Crippen molar-refractivity contribution in [2.75, 3.05) is 24.6 Å². The molecule has 0 bridgehead atoms. The van der Waals surface area contributed by atoms with Crippen molar-refractivity contribution < 1.29 is 8.42 Å². The highest BCUT2D eigenvalue weighted by Gasteiger charge is 2.13. The van der Waals surface area contributed by atoms with Gasteiger partial charge in [0.1, 0.15) is 9.84 Å². The predicted octanol–water partition coefficient (Wildman–Crippen LogP) is 1.84. The van der Waals surface area contributed by atoms with Gasteiger partial charge in [-0.1, -0.05) is 27.2 Å². The Morgan fingerprint density at radius 3 is 2.27 bits per heavy atom. The highest BCUT2D eigenvalue weighted by Crippen LogP contribution is 2.11. The van der Waals surface area contributed by atoms with Crippen LogP contribution in [0.3, 0.4) is 0 Å². The number of nitrogens with one attached hydrogen (secondary N) is 1. The highest BCUT2D eigenvalue weighted by atomic mass is 32.2. The van der Waals surface area contributed by atoms with Gasteiger partial charge in [0, 0.05) is 5.75 Å². The third-order valence-electron chi connectivity index (χ3n) is 2.66. The molecule has 0 aromatic carbocycles. The minimum Gasteiger partial charge on any atom is -0.317 e. The molecule has 0 rings (SSSR count). The van der Waals surface area contributed by atoms with Crippen molar-refractivity contribution >= 4 is 9.84 Å². The lowest BCUT2D eigenvalue weighted by molar-refractivity contribution is 0.433. The Morgan fingerprint density at radius 1 is 1.13 bits per heavy atom. The Kier molecular flexibility index (Phi) is 8.06. The van der Waals surface area contributed by atoms with Crippen molar-refractivity contribution in [2.24, 2.45) is 5.92 Å². The summed E-state index contributed by atoms with van der Waals surface area (Å²) in [4.78, 5) is 0. The molecule has 0 fully saturated rings. The Hall–Kier alpha value is -0.0900. The monoisotopic (exact) mass is 235 g/mol. The summed E-state index contributed by atoms with van der Waals surface area (Å²) in [5.41, 5.74) is 0. The van der Waals surface area contributed by atoms with E-state index < -0.39 is 9.84 Å². The topological polar surface area (TPSA) is 46.2 Å². The molecular weight excluding hydrogens is 210 g/mol. The lowest BCUT2D eigenvalue weighted by atomic mass is 10.0. The van der Waals surface area contributed by atoms with Gasteiger partial charge in [0.05, 0.1) is 5.75 Å². The molecule has 0 aliphatic rings. The van der Waals surface area contributed by atoms with Crippen LogP contribution in [0.4, 0.5) is 0 Å². The molecule has 0 spiro atoms. The molecule has 15 heavy (non-hydrogen) atoms. The van der Waals surface area contributed by atoms with Crippen molar-refractivity contribution in [1.82, 2.24) is 5.32 Å². The SMILES string of the molecule is CCCC(CCS(=O)(=O)CC)CNCC. The predicted molar refractivity (Wildman–Crippen MR) is 65.9 cm³/mol. The van der Waals surface area contributed by atoms with E-state index in [4.69, 9.17) is 0 Å². The van der Waals surface area contributed by atoms with Crippen LogP contribution in [0.2, 0.25) is 0 Å². The van der Waals surface area contributed by atoms with Gasteiger partial charge in [0.25, 0.3) is 0 Å². The maximum absolute atomic E-state index is 11.4. The van der Waals surface area contributed by atoms with E-state index in [1.54, 1.807) is 6.92 Å². The second-order valence-electron chi connectivity index (χ2n) is 3.99. The van der Waals surface area contributed by atoms with Gasteiger partial charge < -0.3 is 5.32 Å². The fraction of sp³-hybridized carbons (Fsp3) is 1.00. The highest BCUT2D eigenvalue weighted by molar-refractivity contribution is 7.91. The molecular formula is C11H25NO2S. The van der Waals surface area contributed by atoms with Crippen LogP contribution in [0, 0.1) is 5.92 Å². The molecule has 3 nitrogen and oxygen atoms in total. The van der Waals surface area contributed by atoms with E-state index >= 15 is 0 Å². The quantitative estimate of drug-likeness (QED) is 0.663. The number of sulfone groups is 1. The van der Waals surface area contributed by atoms with Gasteiger partial charge in [-0.3, -0.25) is 0 Å². The summed E-state index contributed by atoms with van der Waals surface area (Å²) in [6.07, 6.45) is 3.05. The summed E-state index contributed by atoms with van der Waals surface area (Å²) >= 11 is 0. The second kappa shape index (κ2) is 8.11. The molecule has 0 aliphatic heterocycles. The molecule has 92 valence electrons. The molecule has 0 saturated heterocycles. The summed E-state index contributed by atoms with van der Waals surface area (Å²) < 4.78 is 22.7. The summed E-state index contributed by atoms with van der Waals surface area (Å²) in [5, 5.41) is 3.29. The van der Waals surface area contributed by atoms with E-state index in [0.717, 1.165) is 32.4 Å². The van der Waals surface area contributed by atoms with Gasteiger partial charge in [-0.25, -0.2) is 8.42 Å². The Bertz CT molecular complexity index is 237. The molecule has 0 aromatic rings. The molecule has 1 N–H and O–H groups in total. The van der Waals surface area contributed by atoms with Gasteiger partial charge in [0.15, 0.2) is 0 Å². The van der Waals surface area contributed by atoms with Gasteiger partial charge >= 0.3 is 0 Å². The number of hydrogen-bond donors (Lipinski definition) is 1. The average Bonchev–Trinajstić information content (AvgIpc) is 2.22. The van der Waals surface area contributed by atoms with Crippen molar-refractivity contribution in [3.05, 3.63) is 0 Å². The zero-order chi connectivity index (χ0) is 11.7. The molecule has 0 heterocycles. The van der Waals surface area contributed by atoms with E-state index in [2.05, 4.69) is 19.2 Å². The molecule has 0 amide bonds. The third kappa shape index (κ3) is 7.79. The molecule has 0 saturated carbocycles. The molecule has 4 heteroatoms. The van der Waals surface area contributed by atoms with Crippen molar-refractivity contribution in [1.29, 1.82) is 0 Å². The first-order valence-electron chi connectivity index (χ1n) is 5.96. The Morgan fingerprint density at radius 2 is 1.80 bits per heavy atom. The van der Waals surface area contributed by atoms with Crippen molar-refractivity contribution in [3.63, 3.8) is 0 Å². The van der Waals surface area contributed by atoms with E-state index in [9.17, 15) is 8.42 Å². The van der Waals surface area contributed by atoms with Crippen LogP contribution in [0.5, 0.6) is 0 Å². The van der Waals surface area contributed by atoms with Crippen LogP contribution < -0.4 is 5.32 Å². The van der Waals surface area contributed by atoms with Crippen molar-refractivity contribution in [3.8, 4) is 0 Å². The van der Waals surface area contributed by atoms with Crippen LogP contribution in [-0.2, 0) is 9.84 Å². The van der Waals surface area contributed by atoms with E-state index in [0.29, 0.717) is 11.7 Å². The Balaban J connectivity index is 3.94. The first-order valence-corrected chi connectivity index (χ1v) is 7.79. The lowest BCUT2D eigenvalue weighted by Crippen LogP contribution is -2.24. The first kappa shape index (κ1) is 14.9. The normalized spacial score (nSPS) is 14.1. The van der Waals surface area contributed by atoms with Crippen LogP contribution in [-0.4, -0.2) is 33.0 Å². The third-order valence-corrected chi connectivity index (χ3v) is 4.39. The van der Waals surface area contributed by atoms with Crippen molar-refractivity contribution in [2.45, 2.75) is 40.0 Å². The maximum atomic E-state index is 11.4. The van der Waals surface area contributed by atoms with E-state index in [1.807, 2.05) is 0 Å². The Labute approximate surface area is 94.6 Å². The first-order chi connectivity index (χ1) is 7.05. The van der Waals surface area contributed by atoms with Crippen LogP contribution in [0.15, 0.2) is 0 Å². The summed E-state index contributed by atoms with van der Waals surface area (Å²) in [6.45, 7) is 7.85. The average molecular weight is 235 g/mol. The molecule has 0 aliphatic carbocycles. The van der Waals surface area contributed by atoms with Gasteiger partial charge in [-0.2, -0.15) is 0 Å². The number of rotatable bonds is 9. The summed E-state index contributed by atoms with van der Waals surface area (Å²) in [6, 6.07) is 0. The van der Waals surface area contributed by atoms with Gasteiger partial charge in [0.2, 0.25) is 0 Å². The minimum absolute atomic E-state index is 0.271. The summed E-state index contributed by atoms with van der Waals surface area (Å²) in [5.74, 6) is 1.13. The fourth-order valence-corrected chi connectivity index (χ4v) is 2.58. The molecule has 1 atom stereocenters. The second-order valence-corrected chi connectivity index (χ2v) is 6.46. The molecule has 1 unspecified atom stereocenters. The summed E-state index contributed by atoms with van der Waals surface area (Å²) in [7, 11) is -2.79.